The molecule has 1 aliphatic rings. The van der Waals surface area contributed by atoms with E-state index in [0.29, 0.717) is 5.41 Å². The number of amides is 1. The van der Waals surface area contributed by atoms with Gasteiger partial charge in [0.25, 0.3) is 15.9 Å². The summed E-state index contributed by atoms with van der Waals surface area (Å²) in [5, 5.41) is 3.50. The van der Waals surface area contributed by atoms with Crippen LogP contribution in [0.15, 0.2) is 21.1 Å². The Labute approximate surface area is 51.1 Å². The van der Waals surface area contributed by atoms with Gasteiger partial charge in [-0.15, -0.1) is 0 Å². The van der Waals surface area contributed by atoms with E-state index in [1.54, 1.807) is 0 Å². The lowest BCUT2D eigenvalue weighted by molar-refractivity contribution is -0.113. The minimum atomic E-state index is -3.56. The Kier molecular flexibility index (Phi) is 1.17. The Morgan fingerprint density at radius 2 is 2.11 bits per heavy atom. The van der Waals surface area contributed by atoms with E-state index < -0.39 is 15.9 Å². The second kappa shape index (κ2) is 1.73. The van der Waals surface area contributed by atoms with Crippen LogP contribution in [0.5, 0.6) is 0 Å². The molecule has 0 saturated carbocycles. The van der Waals surface area contributed by atoms with Crippen molar-refractivity contribution in [2.45, 2.75) is 0 Å². The van der Waals surface area contributed by atoms with E-state index >= 15 is 0 Å². The summed E-state index contributed by atoms with van der Waals surface area (Å²) < 4.78 is 23.3. The van der Waals surface area contributed by atoms with Gasteiger partial charge in [0.05, 0.1) is 5.41 Å². The normalized spacial score (nSPS) is 22.4. The van der Waals surface area contributed by atoms with Gasteiger partial charge in [-0.05, 0) is 0 Å². The van der Waals surface area contributed by atoms with Gasteiger partial charge < -0.3 is 0 Å². The molecule has 1 heterocycles. The Hall–Kier alpha value is -1.04. The molecule has 5 nitrogen and oxygen atoms in total. The first-order chi connectivity index (χ1) is 4.10. The second-order valence-electron chi connectivity index (χ2n) is 1.34. The number of hydrogen-bond donors (Lipinski definition) is 0. The lowest BCUT2D eigenvalue weighted by Crippen LogP contribution is -1.97. The molecule has 0 saturated heterocycles. The lowest BCUT2D eigenvalue weighted by Gasteiger charge is -1.89. The topological polar surface area (TPSA) is 75.9 Å². The van der Waals surface area contributed by atoms with Gasteiger partial charge in [0, 0.05) is 6.08 Å². The van der Waals surface area contributed by atoms with E-state index in [-0.39, 0.29) is 0 Å². The van der Waals surface area contributed by atoms with E-state index in [9.17, 15) is 13.2 Å². The quantitative estimate of drug-likeness (QED) is 0.475. The van der Waals surface area contributed by atoms with Crippen molar-refractivity contribution in [3.63, 3.8) is 0 Å². The fourth-order valence-electron chi connectivity index (χ4n) is 0.302. The minimum absolute atomic E-state index is 0.648. The number of carbonyl (C=O) groups excluding carboxylic acids is 1. The van der Waals surface area contributed by atoms with Gasteiger partial charge >= 0.3 is 0 Å². The van der Waals surface area contributed by atoms with E-state index in [4.69, 9.17) is 0 Å². The summed E-state index contributed by atoms with van der Waals surface area (Å²) in [6.45, 7) is 0. The summed E-state index contributed by atoms with van der Waals surface area (Å²) in [4.78, 5) is 10.1. The van der Waals surface area contributed by atoms with Gasteiger partial charge in [-0.3, -0.25) is 4.79 Å². The van der Waals surface area contributed by atoms with Crippen molar-refractivity contribution >= 4 is 15.9 Å². The van der Waals surface area contributed by atoms with Gasteiger partial charge in [0.2, 0.25) is 0 Å². The molecule has 0 aromatic heterocycles. The maximum Gasteiger partial charge on any atom is 0.293 e. The molecule has 1 aliphatic heterocycles. The molecular weight excluding hydrogens is 144 g/mol. The number of nitrogens with zero attached hydrogens (tertiary/aromatic N) is 2. The van der Waals surface area contributed by atoms with Gasteiger partial charge in [0.1, 0.15) is 0 Å². The third-order valence-corrected chi connectivity index (χ3v) is 1.43. The van der Waals surface area contributed by atoms with E-state index in [1.165, 1.54) is 0 Å². The van der Waals surface area contributed by atoms with Crippen LogP contribution < -0.4 is 0 Å². The van der Waals surface area contributed by atoms with E-state index in [2.05, 4.69) is 9.63 Å². The highest BCUT2D eigenvalue weighted by molar-refractivity contribution is 7.92. The zero-order valence-electron chi connectivity index (χ0n) is 4.18. The predicted molar refractivity (Wildman–Crippen MR) is 27.9 cm³/mol. The molecule has 0 spiro atoms. The van der Waals surface area contributed by atoms with E-state index in [1.807, 2.05) is 0 Å². The maximum absolute atomic E-state index is 10.3. The zero-order chi connectivity index (χ0) is 6.91. The average Bonchev–Trinajstić information content (AvgIpc) is 1.78. The summed E-state index contributed by atoms with van der Waals surface area (Å²) in [6, 6.07) is 0. The standard InChI is InChI=1S/C3H2N2O3S/c6-3-1-2-9(7,8)5-4-3/h1-2H. The summed E-state index contributed by atoms with van der Waals surface area (Å²) >= 11 is 0. The Morgan fingerprint density at radius 3 is 2.44 bits per heavy atom. The number of hydrogen-bond acceptors (Lipinski definition) is 3. The van der Waals surface area contributed by atoms with Crippen molar-refractivity contribution in [1.82, 2.24) is 0 Å². The molecule has 0 N–H and O–H groups in total. The second-order valence-corrected chi connectivity index (χ2v) is 2.80. The highest BCUT2D eigenvalue weighted by Crippen LogP contribution is 2.01. The third-order valence-electron chi connectivity index (χ3n) is 0.636. The van der Waals surface area contributed by atoms with Crippen molar-refractivity contribution in [1.29, 1.82) is 0 Å². The molecule has 0 aliphatic carbocycles. The van der Waals surface area contributed by atoms with Crippen LogP contribution in [0.2, 0.25) is 0 Å². The summed E-state index contributed by atoms with van der Waals surface area (Å²) in [5.41, 5.74) is 0. The first-order valence-electron chi connectivity index (χ1n) is 2.00. The summed E-state index contributed by atoms with van der Waals surface area (Å²) in [7, 11) is -3.56. The first kappa shape index (κ1) is 6.09. The minimum Gasteiger partial charge on any atom is -0.266 e. The summed E-state index contributed by atoms with van der Waals surface area (Å²) in [6.07, 6.45) is 0.850. The van der Waals surface area contributed by atoms with Crippen molar-refractivity contribution in [3.05, 3.63) is 11.5 Å². The molecule has 48 valence electrons. The zero-order valence-corrected chi connectivity index (χ0v) is 5.00. The number of sulfonamides is 1. The Bertz CT molecular complexity index is 264. The van der Waals surface area contributed by atoms with Crippen LogP contribution in [0, 0.1) is 0 Å². The van der Waals surface area contributed by atoms with Crippen LogP contribution in [0.1, 0.15) is 0 Å². The molecule has 1 rings (SSSR count). The Morgan fingerprint density at radius 1 is 1.44 bits per heavy atom. The smallest absolute Gasteiger partial charge is 0.266 e. The van der Waals surface area contributed by atoms with E-state index in [0.717, 1.165) is 6.08 Å². The van der Waals surface area contributed by atoms with Gasteiger partial charge in [0.15, 0.2) is 0 Å². The molecule has 1 amide bonds. The molecular formula is C3H2N2O3S. The lowest BCUT2D eigenvalue weighted by atomic mass is 10.6. The largest absolute Gasteiger partial charge is 0.293 e. The molecule has 0 unspecified atom stereocenters. The van der Waals surface area contributed by atoms with Crippen molar-refractivity contribution in [3.8, 4) is 0 Å². The Balaban J connectivity index is 3.10. The highest BCUT2D eigenvalue weighted by atomic mass is 32.2. The molecule has 0 fully saturated rings. The molecule has 0 bridgehead atoms. The number of carbonyl (C=O) groups is 1. The molecule has 9 heavy (non-hydrogen) atoms. The SMILES string of the molecule is O=C1C=CS(=O)(=O)N=N1. The van der Waals surface area contributed by atoms with Crippen LogP contribution in [0.25, 0.3) is 0 Å². The summed E-state index contributed by atoms with van der Waals surface area (Å²) in [5.74, 6) is -0.648. The van der Waals surface area contributed by atoms with Crippen molar-refractivity contribution in [2.75, 3.05) is 0 Å². The first-order valence-corrected chi connectivity index (χ1v) is 3.50. The van der Waals surface area contributed by atoms with Crippen LogP contribution in [-0.2, 0) is 14.8 Å². The molecule has 6 heteroatoms. The number of rotatable bonds is 0. The average molecular weight is 146 g/mol. The van der Waals surface area contributed by atoms with Gasteiger partial charge in [-0.1, -0.05) is 9.63 Å². The van der Waals surface area contributed by atoms with Crippen molar-refractivity contribution in [2.24, 2.45) is 9.63 Å². The van der Waals surface area contributed by atoms with Crippen LogP contribution in [0.3, 0.4) is 0 Å². The fraction of sp³-hybridized carbons (Fsp3) is 0. The molecule has 0 atom stereocenters. The van der Waals surface area contributed by atoms with Crippen LogP contribution in [-0.4, -0.2) is 14.3 Å². The molecule has 0 aromatic rings. The maximum atomic E-state index is 10.3. The van der Waals surface area contributed by atoms with Crippen LogP contribution in [0.4, 0.5) is 0 Å². The van der Waals surface area contributed by atoms with Crippen molar-refractivity contribution < 1.29 is 13.2 Å². The fourth-order valence-corrected chi connectivity index (χ4v) is 0.839. The third kappa shape index (κ3) is 1.43. The van der Waals surface area contributed by atoms with Gasteiger partial charge in [-0.25, -0.2) is 0 Å². The van der Waals surface area contributed by atoms with Crippen LogP contribution >= 0.6 is 0 Å². The molecule has 0 radical (unpaired) electrons. The van der Waals surface area contributed by atoms with Gasteiger partial charge in [-0.2, -0.15) is 8.42 Å². The highest BCUT2D eigenvalue weighted by Gasteiger charge is 2.08. The monoisotopic (exact) mass is 146 g/mol. The predicted octanol–water partition coefficient (Wildman–Crippen LogP) is -0.178. The molecule has 0 aromatic carbocycles.